The number of benzene rings is 2. The monoisotopic (exact) mass is 330 g/mol. The van der Waals surface area contributed by atoms with Gasteiger partial charge in [-0.3, -0.25) is 0 Å². The average molecular weight is 332 g/mol. The van der Waals surface area contributed by atoms with Crippen LogP contribution in [-0.4, -0.2) is 0 Å². The van der Waals surface area contributed by atoms with Gasteiger partial charge in [-0.1, -0.05) is 45.7 Å². The second kappa shape index (κ2) is 5.37. The van der Waals surface area contributed by atoms with Crippen LogP contribution in [0.5, 0.6) is 0 Å². The Kier molecular flexibility index (Phi) is 4.03. The molecule has 0 saturated carbocycles. The predicted molar refractivity (Wildman–Crippen MR) is 73.3 cm³/mol. The van der Waals surface area contributed by atoms with Gasteiger partial charge in [0.15, 0.2) is 0 Å². The van der Waals surface area contributed by atoms with E-state index >= 15 is 0 Å². The lowest BCUT2D eigenvalue weighted by molar-refractivity contribution is 0.588. The Hall–Kier alpha value is -0.930. The summed E-state index contributed by atoms with van der Waals surface area (Å²) in [5.41, 5.74) is 1.86. The molecule has 0 aliphatic rings. The molecule has 1 atom stereocenters. The summed E-state index contributed by atoms with van der Waals surface area (Å²) in [7, 11) is 0. The van der Waals surface area contributed by atoms with E-state index in [1.54, 1.807) is 6.07 Å². The van der Waals surface area contributed by atoms with Gasteiger partial charge in [0.25, 0.3) is 0 Å². The van der Waals surface area contributed by atoms with Crippen molar-refractivity contribution >= 4 is 27.5 Å². The summed E-state index contributed by atoms with van der Waals surface area (Å²) in [4.78, 5) is -0.472. The maximum Gasteiger partial charge on any atom is 0.128 e. The second-order valence-corrected chi connectivity index (χ2v) is 5.30. The molecule has 0 fully saturated rings. The van der Waals surface area contributed by atoms with Crippen molar-refractivity contribution in [1.29, 1.82) is 0 Å². The summed E-state index contributed by atoms with van der Waals surface area (Å²) in [6, 6.07) is 8.88. The van der Waals surface area contributed by atoms with E-state index in [0.717, 1.165) is 23.3 Å². The van der Waals surface area contributed by atoms with E-state index in [9.17, 15) is 8.78 Å². The number of aryl methyl sites for hydroxylation is 1. The van der Waals surface area contributed by atoms with Crippen molar-refractivity contribution in [3.63, 3.8) is 0 Å². The number of hydrogen-bond donors (Lipinski definition) is 0. The Balaban J connectivity index is 2.51. The maximum absolute atomic E-state index is 13.7. The zero-order valence-corrected chi connectivity index (χ0v) is 11.9. The molecule has 0 aliphatic heterocycles. The van der Waals surface area contributed by atoms with Gasteiger partial charge in [-0.15, -0.1) is 0 Å². The first-order valence-electron chi connectivity index (χ1n) is 5.34. The number of rotatable bonds is 2. The van der Waals surface area contributed by atoms with Crippen LogP contribution in [0.1, 0.15) is 21.5 Å². The Morgan fingerprint density at radius 3 is 2.56 bits per heavy atom. The molecule has 0 heterocycles. The van der Waals surface area contributed by atoms with Gasteiger partial charge in [0, 0.05) is 10.6 Å². The number of halogens is 4. The van der Waals surface area contributed by atoms with Gasteiger partial charge < -0.3 is 0 Å². The molecule has 0 aliphatic carbocycles. The quantitative estimate of drug-likeness (QED) is 0.645. The lowest BCUT2D eigenvalue weighted by Crippen LogP contribution is -1.99. The molecule has 0 aromatic heterocycles. The molecule has 0 saturated heterocycles. The second-order valence-electron chi connectivity index (χ2n) is 4.01. The van der Waals surface area contributed by atoms with E-state index in [0.29, 0.717) is 5.02 Å². The first-order chi connectivity index (χ1) is 8.50. The highest BCUT2D eigenvalue weighted by atomic mass is 79.9. The standard InChI is InChI=1S/C14H10BrClF2/c1-8-3-2-4-10(14(8)16)13(15)11-7-9(17)5-6-12(11)18/h2-7,13H,1H3. The molecule has 0 bridgehead atoms. The van der Waals surface area contributed by atoms with Gasteiger partial charge in [0.1, 0.15) is 11.6 Å². The fourth-order valence-electron chi connectivity index (χ4n) is 1.74. The zero-order valence-electron chi connectivity index (χ0n) is 9.55. The van der Waals surface area contributed by atoms with Crippen LogP contribution in [0, 0.1) is 18.6 Å². The van der Waals surface area contributed by atoms with E-state index < -0.39 is 16.5 Å². The highest BCUT2D eigenvalue weighted by Crippen LogP contribution is 2.37. The third kappa shape index (κ3) is 2.57. The van der Waals surface area contributed by atoms with Crippen LogP contribution >= 0.6 is 27.5 Å². The number of alkyl halides is 1. The first-order valence-corrected chi connectivity index (χ1v) is 6.64. The fraction of sp³-hybridized carbons (Fsp3) is 0.143. The van der Waals surface area contributed by atoms with Crippen LogP contribution in [0.4, 0.5) is 8.78 Å². The third-order valence-corrected chi connectivity index (χ3v) is 4.23. The average Bonchev–Trinajstić information content (AvgIpc) is 2.35. The van der Waals surface area contributed by atoms with Gasteiger partial charge in [-0.2, -0.15) is 0 Å². The minimum atomic E-state index is -0.473. The molecule has 4 heteroatoms. The fourth-order valence-corrected chi connectivity index (χ4v) is 2.84. The highest BCUT2D eigenvalue weighted by Gasteiger charge is 2.18. The SMILES string of the molecule is Cc1cccc(C(Br)c2cc(F)ccc2F)c1Cl. The lowest BCUT2D eigenvalue weighted by atomic mass is 10.0. The minimum absolute atomic E-state index is 0.238. The van der Waals surface area contributed by atoms with Crippen LogP contribution in [0.25, 0.3) is 0 Å². The molecule has 0 amide bonds. The topological polar surface area (TPSA) is 0 Å². The predicted octanol–water partition coefficient (Wildman–Crippen LogP) is 5.41. The van der Waals surface area contributed by atoms with Crippen LogP contribution in [0.15, 0.2) is 36.4 Å². The molecule has 2 aromatic carbocycles. The van der Waals surface area contributed by atoms with E-state index in [1.807, 2.05) is 19.1 Å². The van der Waals surface area contributed by atoms with E-state index in [1.165, 1.54) is 6.07 Å². The molecule has 94 valence electrons. The third-order valence-electron chi connectivity index (χ3n) is 2.73. The van der Waals surface area contributed by atoms with Gasteiger partial charge in [-0.25, -0.2) is 8.78 Å². The van der Waals surface area contributed by atoms with Crippen molar-refractivity contribution in [1.82, 2.24) is 0 Å². The van der Waals surface area contributed by atoms with Gasteiger partial charge in [-0.05, 0) is 36.2 Å². The van der Waals surface area contributed by atoms with Crippen molar-refractivity contribution < 1.29 is 8.78 Å². The van der Waals surface area contributed by atoms with Gasteiger partial charge in [0.2, 0.25) is 0 Å². The molecule has 0 spiro atoms. The largest absolute Gasteiger partial charge is 0.207 e. The molecule has 2 rings (SSSR count). The van der Waals surface area contributed by atoms with Crippen LogP contribution < -0.4 is 0 Å². The van der Waals surface area contributed by atoms with Crippen LogP contribution in [-0.2, 0) is 0 Å². The highest BCUT2D eigenvalue weighted by molar-refractivity contribution is 9.09. The van der Waals surface area contributed by atoms with Crippen LogP contribution in [0.3, 0.4) is 0 Å². The summed E-state index contributed by atoms with van der Waals surface area (Å²) in [6.45, 7) is 1.87. The van der Waals surface area contributed by atoms with E-state index in [4.69, 9.17) is 11.6 Å². The smallest absolute Gasteiger partial charge is 0.128 e. The number of hydrogen-bond acceptors (Lipinski definition) is 0. The van der Waals surface area contributed by atoms with Crippen molar-refractivity contribution in [2.75, 3.05) is 0 Å². The maximum atomic E-state index is 13.7. The first kappa shape index (κ1) is 13.5. The van der Waals surface area contributed by atoms with Crippen molar-refractivity contribution in [2.45, 2.75) is 11.8 Å². The lowest BCUT2D eigenvalue weighted by Gasteiger charge is -2.14. The molecule has 2 aromatic rings. The Morgan fingerprint density at radius 1 is 1.11 bits per heavy atom. The summed E-state index contributed by atoms with van der Waals surface area (Å²) < 4.78 is 26.9. The molecule has 0 nitrogen and oxygen atoms in total. The summed E-state index contributed by atoms with van der Waals surface area (Å²) >= 11 is 9.56. The van der Waals surface area contributed by atoms with Crippen molar-refractivity contribution in [3.8, 4) is 0 Å². The van der Waals surface area contributed by atoms with Crippen LogP contribution in [0.2, 0.25) is 5.02 Å². The molecule has 0 radical (unpaired) electrons. The normalized spacial score (nSPS) is 12.5. The van der Waals surface area contributed by atoms with E-state index in [-0.39, 0.29) is 5.56 Å². The van der Waals surface area contributed by atoms with Gasteiger partial charge in [0.05, 0.1) is 4.83 Å². The zero-order chi connectivity index (χ0) is 13.3. The summed E-state index contributed by atoms with van der Waals surface area (Å²) in [5, 5.41) is 0.558. The van der Waals surface area contributed by atoms with E-state index in [2.05, 4.69) is 15.9 Å². The molecule has 18 heavy (non-hydrogen) atoms. The summed E-state index contributed by atoms with van der Waals surface area (Å²) in [5.74, 6) is -0.935. The van der Waals surface area contributed by atoms with Gasteiger partial charge >= 0.3 is 0 Å². The molecule has 1 unspecified atom stereocenters. The Morgan fingerprint density at radius 2 is 1.83 bits per heavy atom. The Labute approximate surface area is 118 Å². The molecular weight excluding hydrogens is 322 g/mol. The van der Waals surface area contributed by atoms with Crippen molar-refractivity contribution in [2.24, 2.45) is 0 Å². The molecular formula is C14H10BrClF2. The van der Waals surface area contributed by atoms with Crippen molar-refractivity contribution in [3.05, 3.63) is 69.7 Å². The summed E-state index contributed by atoms with van der Waals surface area (Å²) in [6.07, 6.45) is 0. The minimum Gasteiger partial charge on any atom is -0.207 e. The Bertz CT molecular complexity index is 582. The molecule has 0 N–H and O–H groups in total.